The molecule has 4 aliphatic rings. The third-order valence-corrected chi connectivity index (χ3v) is 8.22. The van der Waals surface area contributed by atoms with Crippen LogP contribution in [0, 0.1) is 11.8 Å². The highest BCUT2D eigenvalue weighted by Gasteiger charge is 2.59. The van der Waals surface area contributed by atoms with Gasteiger partial charge >= 0.3 is 0 Å². The van der Waals surface area contributed by atoms with Crippen LogP contribution in [0.3, 0.4) is 0 Å². The van der Waals surface area contributed by atoms with Gasteiger partial charge in [0.15, 0.2) is 11.4 Å². The number of carbonyl (C=O) groups is 5. The van der Waals surface area contributed by atoms with Crippen LogP contribution in [-0.4, -0.2) is 60.2 Å². The van der Waals surface area contributed by atoms with Gasteiger partial charge in [0.2, 0.25) is 5.78 Å². The van der Waals surface area contributed by atoms with Crippen molar-refractivity contribution < 1.29 is 44.4 Å². The number of aromatic hydroxyl groups is 1. The topological polar surface area (TPSA) is 196 Å². The molecular weight excluding hydrogens is 508 g/mol. The summed E-state index contributed by atoms with van der Waals surface area (Å²) in [6.45, 7) is -0.316. The van der Waals surface area contributed by atoms with Crippen molar-refractivity contribution in [2.24, 2.45) is 17.6 Å². The predicted octanol–water partition coefficient (Wildman–Crippen LogP) is 1.38. The Labute approximate surface area is 220 Å². The average molecular weight is 530 g/mol. The first-order valence-corrected chi connectivity index (χ1v) is 12.2. The summed E-state index contributed by atoms with van der Waals surface area (Å²) in [5.41, 5.74) is 2.26. The van der Waals surface area contributed by atoms with Gasteiger partial charge in [0.25, 0.3) is 17.7 Å². The Morgan fingerprint density at radius 1 is 0.974 bits per heavy atom. The molecule has 11 nitrogen and oxygen atoms in total. The summed E-state index contributed by atoms with van der Waals surface area (Å²) >= 11 is 0. The van der Waals surface area contributed by atoms with E-state index < -0.39 is 69.6 Å². The first-order chi connectivity index (χ1) is 18.5. The van der Waals surface area contributed by atoms with Gasteiger partial charge in [-0.25, -0.2) is 0 Å². The number of aliphatic hydroxyl groups is 3. The van der Waals surface area contributed by atoms with Crippen LogP contribution in [0.1, 0.15) is 55.0 Å². The summed E-state index contributed by atoms with van der Waals surface area (Å²) in [6, 6.07) is 9.39. The summed E-state index contributed by atoms with van der Waals surface area (Å²) in [6.07, 6.45) is -0.115. The van der Waals surface area contributed by atoms with Crippen LogP contribution in [-0.2, 0) is 22.6 Å². The number of amides is 3. The van der Waals surface area contributed by atoms with E-state index in [1.807, 2.05) is 0 Å². The summed E-state index contributed by atoms with van der Waals surface area (Å²) < 4.78 is 0. The van der Waals surface area contributed by atoms with Crippen LogP contribution >= 0.6 is 0 Å². The number of phenolic OH excluding ortho intramolecular Hbond substituents is 1. The maximum Gasteiger partial charge on any atom is 0.261 e. The summed E-state index contributed by atoms with van der Waals surface area (Å²) in [4.78, 5) is 65.1. The van der Waals surface area contributed by atoms with Crippen LogP contribution in [0.15, 0.2) is 59.1 Å². The lowest BCUT2D eigenvalue weighted by molar-refractivity contribution is -0.144. The number of nitrogens with zero attached hydrogens (tertiary/aromatic N) is 1. The third-order valence-electron chi connectivity index (χ3n) is 8.22. The number of benzene rings is 2. The molecule has 0 aromatic heterocycles. The van der Waals surface area contributed by atoms with Gasteiger partial charge in [0, 0.05) is 23.5 Å². The molecule has 6 N–H and O–H groups in total. The molecule has 2 aromatic carbocycles. The molecule has 0 fully saturated rings. The SMILES string of the molecule is NC(=O)C1=C(O)C[C@@H]2C[C@@H]3Cc4ccc(CN5C(=O)c6ccccc6C5=O)c(O)c4C(=O)C3=C(O)[C@]2(O)C1=O. The van der Waals surface area contributed by atoms with Crippen LogP contribution in [0.25, 0.3) is 0 Å². The van der Waals surface area contributed by atoms with E-state index in [0.717, 1.165) is 4.90 Å². The number of carbonyl (C=O) groups excluding carboxylic acids is 5. The quantitative estimate of drug-likeness (QED) is 0.288. The predicted molar refractivity (Wildman–Crippen MR) is 131 cm³/mol. The van der Waals surface area contributed by atoms with Crippen molar-refractivity contribution >= 4 is 29.3 Å². The van der Waals surface area contributed by atoms with Gasteiger partial charge in [-0.1, -0.05) is 24.3 Å². The number of allylic oxidation sites excluding steroid dienone is 2. The molecule has 198 valence electrons. The Morgan fingerprint density at radius 3 is 2.23 bits per heavy atom. The van der Waals surface area contributed by atoms with Crippen molar-refractivity contribution in [3.05, 3.63) is 86.9 Å². The van der Waals surface area contributed by atoms with Crippen LogP contribution < -0.4 is 5.73 Å². The number of fused-ring (bicyclic) bond motifs is 4. The lowest BCUT2D eigenvalue weighted by Crippen LogP contribution is -2.57. The number of nitrogens with two attached hydrogens (primary N) is 1. The molecule has 1 heterocycles. The normalized spacial score (nSPS) is 25.9. The van der Waals surface area contributed by atoms with E-state index in [0.29, 0.717) is 5.56 Å². The zero-order valence-electron chi connectivity index (χ0n) is 20.3. The summed E-state index contributed by atoms with van der Waals surface area (Å²) in [5, 5.41) is 43.8. The molecule has 0 radical (unpaired) electrons. The Bertz CT molecular complexity index is 1600. The van der Waals surface area contributed by atoms with E-state index in [9.17, 15) is 44.4 Å². The minimum Gasteiger partial charge on any atom is -0.511 e. The minimum atomic E-state index is -2.65. The molecule has 3 atom stereocenters. The van der Waals surface area contributed by atoms with Gasteiger partial charge in [0.05, 0.1) is 23.2 Å². The average Bonchev–Trinajstić information content (AvgIpc) is 3.12. The van der Waals surface area contributed by atoms with Crippen LogP contribution in [0.5, 0.6) is 5.75 Å². The van der Waals surface area contributed by atoms with Gasteiger partial charge in [-0.2, -0.15) is 0 Å². The van der Waals surface area contributed by atoms with Crippen LogP contribution in [0.4, 0.5) is 0 Å². The van der Waals surface area contributed by atoms with E-state index in [2.05, 4.69) is 0 Å². The molecule has 0 saturated carbocycles. The molecule has 3 amide bonds. The van der Waals surface area contributed by atoms with Gasteiger partial charge in [0.1, 0.15) is 22.8 Å². The molecule has 0 saturated heterocycles. The number of phenols is 1. The molecule has 2 aromatic rings. The molecule has 39 heavy (non-hydrogen) atoms. The molecule has 3 aliphatic carbocycles. The number of ketones is 2. The summed E-state index contributed by atoms with van der Waals surface area (Å²) in [5.74, 6) is -8.18. The molecule has 1 aliphatic heterocycles. The number of primary amides is 1. The fourth-order valence-corrected chi connectivity index (χ4v) is 6.32. The van der Waals surface area contributed by atoms with Gasteiger partial charge in [-0.15, -0.1) is 0 Å². The highest BCUT2D eigenvalue weighted by molar-refractivity contribution is 6.24. The fraction of sp³-hybridized carbons (Fsp3) is 0.250. The van der Waals surface area contributed by atoms with Crippen molar-refractivity contribution in [2.45, 2.75) is 31.4 Å². The lowest BCUT2D eigenvalue weighted by Gasteiger charge is -2.45. The number of rotatable bonds is 3. The van der Waals surface area contributed by atoms with Crippen molar-refractivity contribution in [1.29, 1.82) is 0 Å². The molecular formula is C28H22N2O9. The maximum absolute atomic E-state index is 13.7. The second kappa shape index (κ2) is 8.11. The minimum absolute atomic E-state index is 0.0282. The van der Waals surface area contributed by atoms with Gasteiger partial charge < -0.3 is 26.2 Å². The van der Waals surface area contributed by atoms with Crippen LogP contribution in [0.2, 0.25) is 0 Å². The van der Waals surface area contributed by atoms with E-state index >= 15 is 0 Å². The number of imide groups is 1. The Hall–Kier alpha value is -4.77. The molecule has 0 bridgehead atoms. The first-order valence-electron chi connectivity index (χ1n) is 12.2. The second-order valence-corrected chi connectivity index (χ2v) is 10.3. The van der Waals surface area contributed by atoms with E-state index in [4.69, 9.17) is 5.73 Å². The van der Waals surface area contributed by atoms with Crippen molar-refractivity contribution in [2.75, 3.05) is 0 Å². The summed E-state index contributed by atoms with van der Waals surface area (Å²) in [7, 11) is 0. The maximum atomic E-state index is 13.7. The van der Waals surface area contributed by atoms with Crippen molar-refractivity contribution in [3.63, 3.8) is 0 Å². The number of hydrogen-bond donors (Lipinski definition) is 5. The smallest absolute Gasteiger partial charge is 0.261 e. The van der Waals surface area contributed by atoms with Crippen molar-refractivity contribution in [3.8, 4) is 5.75 Å². The Morgan fingerprint density at radius 2 is 1.62 bits per heavy atom. The van der Waals surface area contributed by atoms with Crippen molar-refractivity contribution in [1.82, 2.24) is 4.90 Å². The third kappa shape index (κ3) is 3.16. The zero-order valence-corrected chi connectivity index (χ0v) is 20.3. The van der Waals surface area contributed by atoms with E-state index in [1.54, 1.807) is 18.2 Å². The lowest BCUT2D eigenvalue weighted by atomic mass is 9.60. The number of aliphatic hydroxyl groups excluding tert-OH is 2. The Kier molecular flexibility index (Phi) is 5.11. The molecule has 0 unspecified atom stereocenters. The zero-order chi connectivity index (χ0) is 28.0. The molecule has 0 spiro atoms. The fourth-order valence-electron chi connectivity index (χ4n) is 6.32. The largest absolute Gasteiger partial charge is 0.511 e. The van der Waals surface area contributed by atoms with Gasteiger partial charge in [-0.3, -0.25) is 28.9 Å². The standard InChI is InChI=1S/C28H22N2O9/c29-25(36)20-17(31)9-14-8-13-7-11-5-6-12(10-30-26(37)15-3-1-2-4-16(15)27(30)38)21(32)18(11)22(33)19(13)23(34)28(14,39)24(20)35/h1-6,13-14,31-32,34,39H,7-10H2,(H2,29,36)/t13-,14-,28-/m0/s1. The monoisotopic (exact) mass is 530 g/mol. The highest BCUT2D eigenvalue weighted by atomic mass is 16.3. The number of hydrogen-bond acceptors (Lipinski definition) is 9. The molecule has 11 heteroatoms. The molecule has 6 rings (SSSR count). The first kappa shape index (κ1) is 24.6. The Balaban J connectivity index is 1.39. The highest BCUT2D eigenvalue weighted by Crippen LogP contribution is 2.51. The van der Waals surface area contributed by atoms with E-state index in [-0.39, 0.29) is 53.6 Å². The van der Waals surface area contributed by atoms with Gasteiger partial charge in [-0.05, 0) is 36.5 Å². The van der Waals surface area contributed by atoms with E-state index in [1.165, 1.54) is 18.2 Å². The second-order valence-electron chi connectivity index (χ2n) is 10.3. The number of Topliss-reactive ketones (excluding diaryl/α,β-unsaturated/α-hetero) is 2.